The number of allylic oxidation sites excluding steroid dienone is 7. The molecule has 0 aromatic rings. The smallest absolute Gasteiger partial charge is 0.462 e. The Hall–Kier alpha value is -2.41. The van der Waals surface area contributed by atoms with Gasteiger partial charge in [-0.15, -0.1) is 0 Å². The molecule has 0 amide bonds. The predicted molar refractivity (Wildman–Crippen MR) is 265 cm³/mol. The molecular weight excluding hydrogens is 846 g/mol. The van der Waals surface area contributed by atoms with Crippen molar-refractivity contribution in [3.05, 3.63) is 60.8 Å². The SMILES string of the molecule is CC/C=C\C[C@@H](O)/C=C/C=C/C=C\C=C/[C@H](O)[C@@H](O)CCCC(=O)OC[C@H](COP(=O)(O)OCC[N+](C)(C)C)OC(=O)CCCCCCCCCCCCCCCCCCCCCCC. The molecule has 0 aliphatic carbocycles. The van der Waals surface area contributed by atoms with E-state index in [0.717, 1.165) is 25.7 Å². The van der Waals surface area contributed by atoms with Crippen molar-refractivity contribution in [3.63, 3.8) is 0 Å². The molecule has 65 heavy (non-hydrogen) atoms. The Labute approximate surface area is 395 Å². The maximum atomic E-state index is 12.8. The van der Waals surface area contributed by atoms with Gasteiger partial charge in [0.25, 0.3) is 0 Å². The molecule has 0 aliphatic heterocycles. The number of hydrogen-bond donors (Lipinski definition) is 4. The number of aliphatic hydroxyl groups excluding tert-OH is 3. The van der Waals surface area contributed by atoms with Crippen LogP contribution in [0.15, 0.2) is 60.8 Å². The van der Waals surface area contributed by atoms with Crippen LogP contribution in [0.3, 0.4) is 0 Å². The number of ether oxygens (including phenoxy) is 2. The van der Waals surface area contributed by atoms with Crippen molar-refractivity contribution in [2.45, 2.75) is 212 Å². The quantitative estimate of drug-likeness (QED) is 0.0114. The third kappa shape index (κ3) is 45.2. The summed E-state index contributed by atoms with van der Waals surface area (Å²) in [4.78, 5) is 35.6. The number of esters is 2. The van der Waals surface area contributed by atoms with Gasteiger partial charge >= 0.3 is 19.8 Å². The van der Waals surface area contributed by atoms with Crippen LogP contribution in [0.2, 0.25) is 0 Å². The Morgan fingerprint density at radius 2 is 1.06 bits per heavy atom. The molecule has 378 valence electrons. The van der Waals surface area contributed by atoms with Gasteiger partial charge in [-0.1, -0.05) is 203 Å². The van der Waals surface area contributed by atoms with E-state index in [1.54, 1.807) is 42.5 Å². The first-order chi connectivity index (χ1) is 31.2. The summed E-state index contributed by atoms with van der Waals surface area (Å²) in [5, 5.41) is 30.5. The first-order valence-corrected chi connectivity index (χ1v) is 26.8. The molecule has 0 heterocycles. The second kappa shape index (κ2) is 42.9. The molecule has 5 atom stereocenters. The Morgan fingerprint density at radius 3 is 1.57 bits per heavy atom. The van der Waals surface area contributed by atoms with Crippen LogP contribution >= 0.6 is 7.82 Å². The number of nitrogens with zero attached hydrogens (tertiary/aromatic N) is 1. The minimum absolute atomic E-state index is 0.0252. The van der Waals surface area contributed by atoms with Crippen LogP contribution in [0.25, 0.3) is 0 Å². The summed E-state index contributed by atoms with van der Waals surface area (Å²) in [6.07, 6.45) is 42.2. The van der Waals surface area contributed by atoms with E-state index in [2.05, 4.69) is 6.92 Å². The largest absolute Gasteiger partial charge is 0.472 e. The highest BCUT2D eigenvalue weighted by Crippen LogP contribution is 2.43. The zero-order valence-electron chi connectivity index (χ0n) is 41.5. The predicted octanol–water partition coefficient (Wildman–Crippen LogP) is 11.7. The standard InChI is InChI=1S/C52H94NO11P/c1-6-8-10-11-12-13-14-15-16-17-18-19-20-21-22-23-24-25-26-31-35-41-52(58)64-48(46-63-65(59,60)62-44-43-53(3,4)5)45-61-51(57)42-36-40-50(56)49(55)39-34-30-28-27-29-33-38-47(54)37-32-9-7-2/h9,27-30,32-34,38-39,47-50,54-56H,6-8,10-26,31,35-37,40-46H2,1-5H3/p+1/b29-27+,30-28-,32-9-,38-33+,39-34-/t47-,48-,49+,50+/m1/s1. The van der Waals surface area contributed by atoms with Crippen LogP contribution in [0.1, 0.15) is 187 Å². The second-order valence-electron chi connectivity index (χ2n) is 18.4. The number of unbranched alkanes of at least 4 members (excludes halogenated alkanes) is 20. The average Bonchev–Trinajstić information content (AvgIpc) is 3.25. The number of rotatable bonds is 45. The zero-order chi connectivity index (χ0) is 48.3. The number of aliphatic hydroxyl groups is 3. The molecule has 1 unspecified atom stereocenters. The van der Waals surface area contributed by atoms with E-state index in [1.807, 2.05) is 40.2 Å². The number of phosphoric ester groups is 1. The van der Waals surface area contributed by atoms with Crippen LogP contribution in [0, 0.1) is 0 Å². The third-order valence-electron chi connectivity index (χ3n) is 10.9. The molecule has 0 saturated carbocycles. The summed E-state index contributed by atoms with van der Waals surface area (Å²) in [5.41, 5.74) is 0. The Morgan fingerprint density at radius 1 is 0.585 bits per heavy atom. The fourth-order valence-corrected chi connectivity index (χ4v) is 7.57. The highest BCUT2D eigenvalue weighted by Gasteiger charge is 2.27. The van der Waals surface area contributed by atoms with Gasteiger partial charge in [0.2, 0.25) is 0 Å². The van der Waals surface area contributed by atoms with Crippen LogP contribution < -0.4 is 0 Å². The molecule has 4 N–H and O–H groups in total. The molecule has 0 spiro atoms. The number of phosphoric acid groups is 1. The fraction of sp³-hybridized carbons (Fsp3) is 0.769. The maximum Gasteiger partial charge on any atom is 0.472 e. The van der Waals surface area contributed by atoms with E-state index >= 15 is 0 Å². The first kappa shape index (κ1) is 62.6. The van der Waals surface area contributed by atoms with E-state index in [4.69, 9.17) is 18.5 Å². The van der Waals surface area contributed by atoms with E-state index in [9.17, 15) is 34.4 Å². The summed E-state index contributed by atoms with van der Waals surface area (Å²) < 4.78 is 34.2. The number of likely N-dealkylation sites (N-methyl/N-ethyl adjacent to an activating group) is 1. The van der Waals surface area contributed by atoms with Gasteiger partial charge in [-0.2, -0.15) is 0 Å². The minimum atomic E-state index is -4.46. The molecule has 0 saturated heterocycles. The molecule has 0 aromatic carbocycles. The van der Waals surface area contributed by atoms with Crippen molar-refractivity contribution in [2.75, 3.05) is 47.5 Å². The minimum Gasteiger partial charge on any atom is -0.462 e. The van der Waals surface area contributed by atoms with E-state index in [1.165, 1.54) is 115 Å². The van der Waals surface area contributed by atoms with Crippen molar-refractivity contribution in [3.8, 4) is 0 Å². The lowest BCUT2D eigenvalue weighted by Crippen LogP contribution is -2.37. The van der Waals surface area contributed by atoms with Crippen molar-refractivity contribution in [1.82, 2.24) is 0 Å². The van der Waals surface area contributed by atoms with Gasteiger partial charge in [-0.3, -0.25) is 18.6 Å². The topological polar surface area (TPSA) is 169 Å². The zero-order valence-corrected chi connectivity index (χ0v) is 42.4. The lowest BCUT2D eigenvalue weighted by atomic mass is 10.0. The molecular formula is C52H95NO11P+. The molecule has 12 nitrogen and oxygen atoms in total. The van der Waals surface area contributed by atoms with Crippen LogP contribution in [-0.2, 0) is 32.7 Å². The lowest BCUT2D eigenvalue weighted by Gasteiger charge is -2.24. The van der Waals surface area contributed by atoms with Crippen LogP contribution in [0.5, 0.6) is 0 Å². The van der Waals surface area contributed by atoms with Gasteiger partial charge in [0, 0.05) is 12.8 Å². The number of carbonyl (C=O) groups excluding carboxylic acids is 2. The number of carbonyl (C=O) groups is 2. The summed E-state index contributed by atoms with van der Waals surface area (Å²) in [7, 11) is 1.29. The van der Waals surface area contributed by atoms with Crippen molar-refractivity contribution < 1.29 is 57.4 Å². The molecule has 0 aromatic heterocycles. The summed E-state index contributed by atoms with van der Waals surface area (Å²) in [6, 6.07) is 0. The number of hydrogen-bond acceptors (Lipinski definition) is 10. The highest BCUT2D eigenvalue weighted by atomic mass is 31.2. The van der Waals surface area contributed by atoms with E-state index < -0.39 is 50.8 Å². The van der Waals surface area contributed by atoms with Gasteiger partial charge in [0.1, 0.15) is 19.8 Å². The molecule has 0 bridgehead atoms. The van der Waals surface area contributed by atoms with Crippen molar-refractivity contribution in [2.24, 2.45) is 0 Å². The monoisotopic (exact) mass is 941 g/mol. The first-order valence-electron chi connectivity index (χ1n) is 25.3. The fourth-order valence-electron chi connectivity index (χ4n) is 6.83. The third-order valence-corrected chi connectivity index (χ3v) is 11.9. The molecule has 0 aliphatic rings. The van der Waals surface area contributed by atoms with Gasteiger partial charge in [-0.05, 0) is 32.1 Å². The number of quaternary nitrogens is 1. The van der Waals surface area contributed by atoms with Gasteiger partial charge < -0.3 is 34.2 Å². The van der Waals surface area contributed by atoms with Crippen LogP contribution in [-0.4, -0.2) is 109 Å². The maximum absolute atomic E-state index is 12.8. The summed E-state index contributed by atoms with van der Waals surface area (Å²) in [6.45, 7) is 3.86. The Bertz CT molecular complexity index is 1340. The molecule has 0 radical (unpaired) electrons. The van der Waals surface area contributed by atoms with Crippen molar-refractivity contribution >= 4 is 19.8 Å². The molecule has 0 rings (SSSR count). The van der Waals surface area contributed by atoms with Crippen molar-refractivity contribution in [1.29, 1.82) is 0 Å². The highest BCUT2D eigenvalue weighted by molar-refractivity contribution is 7.47. The Kier molecular flexibility index (Phi) is 41.3. The summed E-state index contributed by atoms with van der Waals surface area (Å²) >= 11 is 0. The lowest BCUT2D eigenvalue weighted by molar-refractivity contribution is -0.870. The van der Waals surface area contributed by atoms with E-state index in [-0.39, 0.29) is 38.9 Å². The van der Waals surface area contributed by atoms with Gasteiger partial charge in [0.15, 0.2) is 6.10 Å². The normalized spacial score (nSPS) is 15.4. The Balaban J connectivity index is 4.52. The molecule has 0 fully saturated rings. The average molecular weight is 941 g/mol. The van der Waals surface area contributed by atoms with Gasteiger partial charge in [0.05, 0.1) is 46.1 Å². The van der Waals surface area contributed by atoms with Gasteiger partial charge in [-0.25, -0.2) is 4.57 Å². The van der Waals surface area contributed by atoms with Crippen LogP contribution in [0.4, 0.5) is 0 Å². The molecule has 13 heteroatoms. The second-order valence-corrected chi connectivity index (χ2v) is 19.9. The van der Waals surface area contributed by atoms with E-state index in [0.29, 0.717) is 23.9 Å². The summed E-state index contributed by atoms with van der Waals surface area (Å²) in [5.74, 6) is -1.13.